The number of hydrogen-bond donors (Lipinski definition) is 0. The van der Waals surface area contributed by atoms with E-state index in [0.29, 0.717) is 0 Å². The minimum atomic E-state index is -0.582. The highest BCUT2D eigenvalue weighted by atomic mass is 16.2. The minimum Gasteiger partial charge on any atom is -0.290 e. The number of benzene rings is 1. The third-order valence-corrected chi connectivity index (χ3v) is 2.38. The highest BCUT2D eigenvalue weighted by Crippen LogP contribution is 2.16. The van der Waals surface area contributed by atoms with Gasteiger partial charge in [-0.05, 0) is 12.5 Å². The van der Waals surface area contributed by atoms with Gasteiger partial charge in [0, 0.05) is 11.8 Å². The highest BCUT2D eigenvalue weighted by Gasteiger charge is 2.27. The summed E-state index contributed by atoms with van der Waals surface area (Å²) in [5.74, 6) is -0.605. The Morgan fingerprint density at radius 3 is 2.31 bits per heavy atom. The maximum absolute atomic E-state index is 11.7. The second-order valence-corrected chi connectivity index (χ2v) is 5.17. The molecule has 0 aliphatic rings. The zero-order chi connectivity index (χ0) is 12.3. The molecule has 0 atom stereocenters. The predicted molar refractivity (Wildman–Crippen MR) is 64.4 cm³/mol. The number of hydrogen-bond acceptors (Lipinski definition) is 2. The molecular formula is C14H18O2. The van der Waals surface area contributed by atoms with Crippen molar-refractivity contribution < 1.29 is 9.59 Å². The average molecular weight is 218 g/mol. The summed E-state index contributed by atoms with van der Waals surface area (Å²) in [4.78, 5) is 23.4. The van der Waals surface area contributed by atoms with Gasteiger partial charge in [0.25, 0.3) is 0 Å². The molecule has 1 rings (SSSR count). The highest BCUT2D eigenvalue weighted by molar-refractivity contribution is 6.39. The third-order valence-electron chi connectivity index (χ3n) is 2.38. The van der Waals surface area contributed by atoms with Crippen LogP contribution in [-0.2, 0) is 16.0 Å². The fourth-order valence-electron chi connectivity index (χ4n) is 1.51. The second-order valence-electron chi connectivity index (χ2n) is 5.17. The summed E-state index contributed by atoms with van der Waals surface area (Å²) in [7, 11) is 0. The zero-order valence-electron chi connectivity index (χ0n) is 10.3. The molecular weight excluding hydrogens is 200 g/mol. The van der Waals surface area contributed by atoms with Crippen LogP contribution in [0.25, 0.3) is 0 Å². The fraction of sp³-hybridized carbons (Fsp3) is 0.429. The third kappa shape index (κ3) is 3.30. The molecule has 1 aromatic rings. The summed E-state index contributed by atoms with van der Waals surface area (Å²) >= 11 is 0. The number of carbonyl (C=O) groups excluding carboxylic acids is 2. The number of rotatable bonds is 3. The van der Waals surface area contributed by atoms with Crippen molar-refractivity contribution in [1.82, 2.24) is 0 Å². The van der Waals surface area contributed by atoms with Crippen molar-refractivity contribution in [3.8, 4) is 0 Å². The van der Waals surface area contributed by atoms with Gasteiger partial charge in [-0.3, -0.25) is 9.59 Å². The lowest BCUT2D eigenvalue weighted by atomic mass is 9.86. The van der Waals surface area contributed by atoms with Crippen molar-refractivity contribution >= 4 is 11.6 Å². The van der Waals surface area contributed by atoms with E-state index in [0.717, 1.165) is 11.1 Å². The summed E-state index contributed by atoms with van der Waals surface area (Å²) in [6.07, 6.45) is 0.206. The van der Waals surface area contributed by atoms with Crippen LogP contribution in [0, 0.1) is 12.3 Å². The Bertz CT molecular complexity index is 411. The van der Waals surface area contributed by atoms with Gasteiger partial charge >= 0.3 is 0 Å². The number of aryl methyl sites for hydroxylation is 1. The molecule has 0 saturated carbocycles. The van der Waals surface area contributed by atoms with E-state index >= 15 is 0 Å². The standard InChI is InChI=1S/C14H18O2/c1-10-6-5-7-11(8-10)9-12(15)13(16)14(2,3)4/h5-8H,9H2,1-4H3. The lowest BCUT2D eigenvalue weighted by Crippen LogP contribution is -2.29. The maximum atomic E-state index is 11.7. The first-order valence-corrected chi connectivity index (χ1v) is 5.44. The van der Waals surface area contributed by atoms with Gasteiger partial charge < -0.3 is 0 Å². The van der Waals surface area contributed by atoms with Gasteiger partial charge in [0.2, 0.25) is 11.6 Å². The first kappa shape index (κ1) is 12.6. The topological polar surface area (TPSA) is 34.1 Å². The van der Waals surface area contributed by atoms with E-state index in [1.165, 1.54) is 0 Å². The smallest absolute Gasteiger partial charge is 0.204 e. The van der Waals surface area contributed by atoms with Crippen molar-refractivity contribution in [2.75, 3.05) is 0 Å². The molecule has 0 unspecified atom stereocenters. The van der Waals surface area contributed by atoms with E-state index in [1.807, 2.05) is 31.2 Å². The summed E-state index contributed by atoms with van der Waals surface area (Å²) < 4.78 is 0. The zero-order valence-corrected chi connectivity index (χ0v) is 10.3. The van der Waals surface area contributed by atoms with Gasteiger partial charge in [0.05, 0.1) is 0 Å². The number of carbonyl (C=O) groups is 2. The second kappa shape index (κ2) is 4.60. The Morgan fingerprint density at radius 1 is 1.19 bits per heavy atom. The van der Waals surface area contributed by atoms with E-state index < -0.39 is 5.41 Å². The molecule has 0 amide bonds. The average Bonchev–Trinajstić information content (AvgIpc) is 2.15. The summed E-state index contributed by atoms with van der Waals surface area (Å²) in [5.41, 5.74) is 1.43. The molecule has 0 radical (unpaired) electrons. The first-order valence-electron chi connectivity index (χ1n) is 5.44. The quantitative estimate of drug-likeness (QED) is 0.731. The Balaban J connectivity index is 2.76. The van der Waals surface area contributed by atoms with Crippen molar-refractivity contribution in [2.24, 2.45) is 5.41 Å². The molecule has 86 valence electrons. The van der Waals surface area contributed by atoms with E-state index in [1.54, 1.807) is 20.8 Å². The van der Waals surface area contributed by atoms with Gasteiger partial charge in [-0.25, -0.2) is 0 Å². The fourth-order valence-corrected chi connectivity index (χ4v) is 1.51. The lowest BCUT2D eigenvalue weighted by Gasteiger charge is -2.15. The molecule has 0 heterocycles. The van der Waals surface area contributed by atoms with Gasteiger partial charge in [-0.15, -0.1) is 0 Å². The Labute approximate surface area is 96.7 Å². The molecule has 0 saturated heterocycles. The van der Waals surface area contributed by atoms with Crippen LogP contribution in [0.15, 0.2) is 24.3 Å². The van der Waals surface area contributed by atoms with Gasteiger partial charge in [-0.2, -0.15) is 0 Å². The monoisotopic (exact) mass is 218 g/mol. The van der Waals surface area contributed by atoms with Crippen LogP contribution in [0.1, 0.15) is 31.9 Å². The molecule has 16 heavy (non-hydrogen) atoms. The number of ketones is 2. The van der Waals surface area contributed by atoms with Gasteiger partial charge in [0.15, 0.2) is 0 Å². The van der Waals surface area contributed by atoms with Gasteiger partial charge in [-0.1, -0.05) is 50.6 Å². The Hall–Kier alpha value is -1.44. The van der Waals surface area contributed by atoms with Crippen molar-refractivity contribution in [2.45, 2.75) is 34.1 Å². The molecule has 0 spiro atoms. The summed E-state index contributed by atoms with van der Waals surface area (Å²) in [5, 5.41) is 0. The minimum absolute atomic E-state index is 0.206. The lowest BCUT2D eigenvalue weighted by molar-refractivity contribution is -0.140. The molecule has 0 bridgehead atoms. The maximum Gasteiger partial charge on any atom is 0.204 e. The largest absolute Gasteiger partial charge is 0.290 e. The van der Waals surface area contributed by atoms with Crippen LogP contribution < -0.4 is 0 Å². The summed E-state index contributed by atoms with van der Waals surface area (Å²) in [6.45, 7) is 7.27. The van der Waals surface area contributed by atoms with E-state index in [2.05, 4.69) is 0 Å². The van der Waals surface area contributed by atoms with Crippen LogP contribution in [0.4, 0.5) is 0 Å². The van der Waals surface area contributed by atoms with Crippen LogP contribution in [-0.4, -0.2) is 11.6 Å². The molecule has 0 aliphatic carbocycles. The molecule has 0 fully saturated rings. The van der Waals surface area contributed by atoms with Crippen molar-refractivity contribution in [3.63, 3.8) is 0 Å². The molecule has 0 aromatic heterocycles. The molecule has 2 heteroatoms. The summed E-state index contributed by atoms with van der Waals surface area (Å²) in [6, 6.07) is 7.69. The van der Waals surface area contributed by atoms with Gasteiger partial charge in [0.1, 0.15) is 0 Å². The van der Waals surface area contributed by atoms with Crippen LogP contribution >= 0.6 is 0 Å². The first-order chi connectivity index (χ1) is 7.30. The molecule has 0 N–H and O–H groups in total. The SMILES string of the molecule is Cc1cccc(CC(=O)C(=O)C(C)(C)C)c1. The van der Waals surface area contributed by atoms with Crippen molar-refractivity contribution in [3.05, 3.63) is 35.4 Å². The Morgan fingerprint density at radius 2 is 1.81 bits per heavy atom. The van der Waals surface area contributed by atoms with E-state index in [4.69, 9.17) is 0 Å². The molecule has 2 nitrogen and oxygen atoms in total. The van der Waals surface area contributed by atoms with Crippen LogP contribution in [0.5, 0.6) is 0 Å². The normalized spacial score (nSPS) is 11.2. The number of Topliss-reactive ketones (excluding diaryl/α,β-unsaturated/α-hetero) is 2. The van der Waals surface area contributed by atoms with Crippen molar-refractivity contribution in [1.29, 1.82) is 0 Å². The predicted octanol–water partition coefficient (Wildman–Crippen LogP) is 2.72. The Kier molecular flexibility index (Phi) is 3.63. The van der Waals surface area contributed by atoms with Crippen LogP contribution in [0.2, 0.25) is 0 Å². The van der Waals surface area contributed by atoms with E-state index in [-0.39, 0.29) is 18.0 Å². The van der Waals surface area contributed by atoms with E-state index in [9.17, 15) is 9.59 Å². The molecule has 0 aliphatic heterocycles. The van der Waals surface area contributed by atoms with Crippen LogP contribution in [0.3, 0.4) is 0 Å². The molecule has 1 aromatic carbocycles.